The van der Waals surface area contributed by atoms with E-state index < -0.39 is 0 Å². The minimum Gasteiger partial charge on any atom is -0.335 e. The summed E-state index contributed by atoms with van der Waals surface area (Å²) in [7, 11) is 0. The van der Waals surface area contributed by atoms with Crippen molar-refractivity contribution in [2.45, 2.75) is 33.1 Å². The average molecular weight is 245 g/mol. The fourth-order valence-electron chi connectivity index (χ4n) is 2.46. The van der Waals surface area contributed by atoms with Crippen LogP contribution in [-0.4, -0.2) is 29.7 Å². The standard InChI is InChI=1S/C15H19NO2/c1-11-5-3-6-12(2)14(11)9-13(17)10-16-8-4-7-15(16)18/h3,5-6H,4,7-10H2,1-2H3. The van der Waals surface area contributed by atoms with E-state index in [0.29, 0.717) is 12.8 Å². The first kappa shape index (κ1) is 12.8. The molecule has 1 fully saturated rings. The van der Waals surface area contributed by atoms with E-state index >= 15 is 0 Å². The molecule has 2 rings (SSSR count). The van der Waals surface area contributed by atoms with Crippen molar-refractivity contribution in [2.75, 3.05) is 13.1 Å². The second kappa shape index (κ2) is 5.34. The molecule has 0 unspecified atom stereocenters. The second-order valence-electron chi connectivity index (χ2n) is 5.00. The summed E-state index contributed by atoms with van der Waals surface area (Å²) in [6.45, 7) is 5.05. The van der Waals surface area contributed by atoms with E-state index in [1.165, 1.54) is 0 Å². The molecular weight excluding hydrogens is 226 g/mol. The molecule has 1 saturated heterocycles. The van der Waals surface area contributed by atoms with Crippen molar-refractivity contribution in [3.05, 3.63) is 34.9 Å². The van der Waals surface area contributed by atoms with Crippen molar-refractivity contribution in [1.29, 1.82) is 0 Å². The average Bonchev–Trinajstić information content (AvgIpc) is 2.70. The van der Waals surface area contributed by atoms with Gasteiger partial charge < -0.3 is 4.90 Å². The van der Waals surface area contributed by atoms with E-state index in [0.717, 1.165) is 29.7 Å². The van der Waals surface area contributed by atoms with E-state index in [9.17, 15) is 9.59 Å². The highest BCUT2D eigenvalue weighted by molar-refractivity contribution is 5.88. The summed E-state index contributed by atoms with van der Waals surface area (Å²) in [5.74, 6) is 0.243. The van der Waals surface area contributed by atoms with Crippen LogP contribution in [-0.2, 0) is 16.0 Å². The molecule has 0 bridgehead atoms. The highest BCUT2D eigenvalue weighted by Gasteiger charge is 2.22. The van der Waals surface area contributed by atoms with E-state index in [2.05, 4.69) is 0 Å². The maximum absolute atomic E-state index is 12.0. The zero-order valence-corrected chi connectivity index (χ0v) is 11.0. The zero-order chi connectivity index (χ0) is 13.1. The number of aryl methyl sites for hydroxylation is 2. The van der Waals surface area contributed by atoms with Crippen molar-refractivity contribution in [3.63, 3.8) is 0 Å². The Bertz CT molecular complexity index is 459. The SMILES string of the molecule is Cc1cccc(C)c1CC(=O)CN1CCCC1=O. The molecule has 1 aromatic rings. The third-order valence-electron chi connectivity index (χ3n) is 3.56. The maximum Gasteiger partial charge on any atom is 0.223 e. The predicted molar refractivity (Wildman–Crippen MR) is 70.4 cm³/mol. The summed E-state index contributed by atoms with van der Waals surface area (Å²) in [4.78, 5) is 25.2. The van der Waals surface area contributed by atoms with Crippen LogP contribution in [0.3, 0.4) is 0 Å². The molecule has 3 nitrogen and oxygen atoms in total. The summed E-state index contributed by atoms with van der Waals surface area (Å²) in [5.41, 5.74) is 3.40. The summed E-state index contributed by atoms with van der Waals surface area (Å²) in [5, 5.41) is 0. The molecule has 1 aliphatic heterocycles. The van der Waals surface area contributed by atoms with Crippen molar-refractivity contribution in [1.82, 2.24) is 4.90 Å². The van der Waals surface area contributed by atoms with Crippen LogP contribution in [0.2, 0.25) is 0 Å². The Kier molecular flexibility index (Phi) is 3.80. The van der Waals surface area contributed by atoms with Gasteiger partial charge in [-0.1, -0.05) is 18.2 Å². The molecule has 1 amide bonds. The number of rotatable bonds is 4. The lowest BCUT2D eigenvalue weighted by Gasteiger charge is -2.15. The number of nitrogens with zero attached hydrogens (tertiary/aromatic N) is 1. The number of ketones is 1. The van der Waals surface area contributed by atoms with Crippen LogP contribution in [0.5, 0.6) is 0 Å². The normalized spacial score (nSPS) is 15.2. The molecule has 0 atom stereocenters. The monoisotopic (exact) mass is 245 g/mol. The minimum absolute atomic E-state index is 0.116. The van der Waals surface area contributed by atoms with Gasteiger partial charge in [-0.05, 0) is 37.0 Å². The fraction of sp³-hybridized carbons (Fsp3) is 0.467. The Balaban J connectivity index is 2.01. The van der Waals surface area contributed by atoms with Crippen LogP contribution < -0.4 is 0 Å². The molecule has 1 aromatic carbocycles. The smallest absolute Gasteiger partial charge is 0.223 e. The van der Waals surface area contributed by atoms with Gasteiger partial charge in [0.25, 0.3) is 0 Å². The number of likely N-dealkylation sites (tertiary alicyclic amines) is 1. The van der Waals surface area contributed by atoms with Gasteiger partial charge >= 0.3 is 0 Å². The maximum atomic E-state index is 12.0. The lowest BCUT2D eigenvalue weighted by atomic mass is 9.98. The molecule has 0 saturated carbocycles. The molecule has 0 aromatic heterocycles. The second-order valence-corrected chi connectivity index (χ2v) is 5.00. The summed E-state index contributed by atoms with van der Waals surface area (Å²) in [6, 6.07) is 6.05. The van der Waals surface area contributed by atoms with E-state index in [4.69, 9.17) is 0 Å². The molecule has 96 valence electrons. The number of Topliss-reactive ketones (excluding diaryl/α,β-unsaturated/α-hetero) is 1. The van der Waals surface area contributed by atoms with Gasteiger partial charge in [-0.15, -0.1) is 0 Å². The molecule has 0 N–H and O–H groups in total. The first-order valence-corrected chi connectivity index (χ1v) is 6.42. The van der Waals surface area contributed by atoms with Gasteiger partial charge in [0.05, 0.1) is 6.54 Å². The lowest BCUT2D eigenvalue weighted by molar-refractivity contribution is -0.132. The highest BCUT2D eigenvalue weighted by Crippen LogP contribution is 2.15. The van der Waals surface area contributed by atoms with Crippen LogP contribution in [0, 0.1) is 13.8 Å². The topological polar surface area (TPSA) is 37.4 Å². The molecule has 0 aliphatic carbocycles. The van der Waals surface area contributed by atoms with Crippen molar-refractivity contribution in [3.8, 4) is 0 Å². The number of amides is 1. The van der Waals surface area contributed by atoms with Gasteiger partial charge in [-0.2, -0.15) is 0 Å². The predicted octanol–water partition coefficient (Wildman–Crippen LogP) is 2.04. The van der Waals surface area contributed by atoms with Gasteiger partial charge in [0.15, 0.2) is 5.78 Å². The number of hydrogen-bond acceptors (Lipinski definition) is 2. The van der Waals surface area contributed by atoms with Gasteiger partial charge in [0.2, 0.25) is 5.91 Å². The summed E-state index contributed by atoms with van der Waals surface area (Å²) < 4.78 is 0. The Hall–Kier alpha value is -1.64. The Morgan fingerprint density at radius 3 is 2.50 bits per heavy atom. The van der Waals surface area contributed by atoms with E-state index in [1.54, 1.807) is 4.90 Å². The number of carbonyl (C=O) groups is 2. The van der Waals surface area contributed by atoms with Crippen LogP contribution >= 0.6 is 0 Å². The van der Waals surface area contributed by atoms with E-state index in [-0.39, 0.29) is 18.2 Å². The molecule has 0 radical (unpaired) electrons. The first-order valence-electron chi connectivity index (χ1n) is 6.42. The summed E-state index contributed by atoms with van der Waals surface area (Å²) >= 11 is 0. The first-order chi connectivity index (χ1) is 8.58. The quantitative estimate of drug-likeness (QED) is 0.814. The van der Waals surface area contributed by atoms with Gasteiger partial charge in [-0.3, -0.25) is 9.59 Å². The Morgan fingerprint density at radius 1 is 1.28 bits per heavy atom. The Morgan fingerprint density at radius 2 is 1.94 bits per heavy atom. The highest BCUT2D eigenvalue weighted by atomic mass is 16.2. The Labute approximate surface area is 108 Å². The van der Waals surface area contributed by atoms with Crippen molar-refractivity contribution in [2.24, 2.45) is 0 Å². The molecule has 3 heteroatoms. The van der Waals surface area contributed by atoms with Crippen molar-refractivity contribution < 1.29 is 9.59 Å². The molecule has 0 spiro atoms. The van der Waals surface area contributed by atoms with Crippen LogP contribution in [0.25, 0.3) is 0 Å². The van der Waals surface area contributed by atoms with Gasteiger partial charge in [-0.25, -0.2) is 0 Å². The lowest BCUT2D eigenvalue weighted by Crippen LogP contribution is -2.31. The molecule has 1 aliphatic rings. The number of hydrogen-bond donors (Lipinski definition) is 0. The van der Waals surface area contributed by atoms with Gasteiger partial charge in [0, 0.05) is 19.4 Å². The van der Waals surface area contributed by atoms with Crippen LogP contribution in [0.15, 0.2) is 18.2 Å². The molecule has 18 heavy (non-hydrogen) atoms. The number of benzene rings is 1. The van der Waals surface area contributed by atoms with E-state index in [1.807, 2.05) is 32.0 Å². The molecule has 1 heterocycles. The minimum atomic E-state index is 0.116. The largest absolute Gasteiger partial charge is 0.335 e. The third kappa shape index (κ3) is 2.78. The number of carbonyl (C=O) groups excluding carboxylic acids is 2. The van der Waals surface area contributed by atoms with Crippen LogP contribution in [0.4, 0.5) is 0 Å². The fourth-order valence-corrected chi connectivity index (χ4v) is 2.46. The zero-order valence-electron chi connectivity index (χ0n) is 11.0. The third-order valence-corrected chi connectivity index (χ3v) is 3.56. The summed E-state index contributed by atoms with van der Waals surface area (Å²) in [6.07, 6.45) is 1.91. The van der Waals surface area contributed by atoms with Gasteiger partial charge in [0.1, 0.15) is 0 Å². The van der Waals surface area contributed by atoms with Crippen LogP contribution in [0.1, 0.15) is 29.5 Å². The molecular formula is C15H19NO2. The van der Waals surface area contributed by atoms with Crippen molar-refractivity contribution >= 4 is 11.7 Å².